The highest BCUT2D eigenvalue weighted by Crippen LogP contribution is 2.14. The van der Waals surface area contributed by atoms with Gasteiger partial charge in [-0.1, -0.05) is 0 Å². The first-order valence-electron chi connectivity index (χ1n) is 4.64. The average molecular weight is 232 g/mol. The summed E-state index contributed by atoms with van der Waals surface area (Å²) in [6.45, 7) is 0.239. The fourth-order valence-corrected chi connectivity index (χ4v) is 1.71. The van der Waals surface area contributed by atoms with Crippen molar-refractivity contribution >= 4 is 28.7 Å². The third kappa shape index (κ3) is 2.18. The van der Waals surface area contributed by atoms with Crippen LogP contribution in [0.4, 0.5) is 0 Å². The van der Waals surface area contributed by atoms with Gasteiger partial charge >= 0.3 is 5.97 Å². The van der Waals surface area contributed by atoms with E-state index >= 15 is 0 Å². The molecule has 0 unspecified atom stereocenters. The maximum Gasteiger partial charge on any atom is 0.338 e. The topological polar surface area (TPSA) is 52.1 Å². The molecule has 5 heteroatoms. The zero-order chi connectivity index (χ0) is 11.4. The third-order valence-electron chi connectivity index (χ3n) is 1.97. The van der Waals surface area contributed by atoms with E-state index in [1.165, 1.54) is 0 Å². The summed E-state index contributed by atoms with van der Waals surface area (Å²) in [7, 11) is 0. The maximum absolute atomic E-state index is 11.5. The zero-order valence-corrected chi connectivity index (χ0v) is 9.16. The molecule has 0 fully saturated rings. The highest BCUT2D eigenvalue weighted by molar-refractivity contribution is 7.00. The van der Waals surface area contributed by atoms with Gasteiger partial charge in [-0.25, -0.2) is 4.79 Å². The fourth-order valence-electron chi connectivity index (χ4n) is 1.20. The van der Waals surface area contributed by atoms with Crippen LogP contribution in [0.1, 0.15) is 16.8 Å². The number of terminal acetylenes is 1. The van der Waals surface area contributed by atoms with E-state index < -0.39 is 0 Å². The molecule has 80 valence electrons. The minimum atomic E-state index is -0.384. The first-order valence-corrected chi connectivity index (χ1v) is 5.37. The SMILES string of the molecule is C#CCCOC(=O)c1ccc2nsnc2c1. The Morgan fingerprint density at radius 1 is 1.44 bits per heavy atom. The number of ether oxygens (including phenoxy) is 1. The van der Waals surface area contributed by atoms with Gasteiger partial charge in [0.1, 0.15) is 17.6 Å². The van der Waals surface area contributed by atoms with E-state index in [0.29, 0.717) is 17.5 Å². The van der Waals surface area contributed by atoms with Gasteiger partial charge in [-0.3, -0.25) is 0 Å². The Labute approximate surface area is 96.6 Å². The highest BCUT2D eigenvalue weighted by Gasteiger charge is 2.08. The van der Waals surface area contributed by atoms with Gasteiger partial charge in [0.05, 0.1) is 17.3 Å². The molecule has 0 atom stereocenters. The van der Waals surface area contributed by atoms with Gasteiger partial charge in [0.2, 0.25) is 0 Å². The van der Waals surface area contributed by atoms with Crippen molar-refractivity contribution in [3.63, 3.8) is 0 Å². The van der Waals surface area contributed by atoms with Crippen molar-refractivity contribution in [2.45, 2.75) is 6.42 Å². The molecule has 1 heterocycles. The number of rotatable bonds is 3. The second-order valence-electron chi connectivity index (χ2n) is 3.06. The molecule has 1 aromatic heterocycles. The summed E-state index contributed by atoms with van der Waals surface area (Å²) in [5.41, 5.74) is 1.96. The molecule has 0 aliphatic rings. The van der Waals surface area contributed by atoms with Crippen LogP contribution in [-0.4, -0.2) is 21.3 Å². The van der Waals surface area contributed by atoms with Crippen molar-refractivity contribution in [2.24, 2.45) is 0 Å². The van der Waals surface area contributed by atoms with Crippen LogP contribution in [-0.2, 0) is 4.74 Å². The fraction of sp³-hybridized carbons (Fsp3) is 0.182. The minimum absolute atomic E-state index is 0.239. The first-order chi connectivity index (χ1) is 7.81. The molecule has 1 aromatic carbocycles. The second-order valence-corrected chi connectivity index (χ2v) is 3.59. The van der Waals surface area contributed by atoms with Gasteiger partial charge in [-0.05, 0) is 18.2 Å². The minimum Gasteiger partial charge on any atom is -0.461 e. The van der Waals surface area contributed by atoms with E-state index in [4.69, 9.17) is 11.2 Å². The van der Waals surface area contributed by atoms with E-state index in [1.807, 2.05) is 0 Å². The van der Waals surface area contributed by atoms with Crippen LogP contribution in [0.3, 0.4) is 0 Å². The molecule has 16 heavy (non-hydrogen) atoms. The Morgan fingerprint density at radius 3 is 3.06 bits per heavy atom. The van der Waals surface area contributed by atoms with E-state index in [0.717, 1.165) is 17.2 Å². The summed E-state index contributed by atoms with van der Waals surface area (Å²) in [6, 6.07) is 5.08. The molecule has 0 bridgehead atoms. The van der Waals surface area contributed by atoms with Crippen LogP contribution in [0.15, 0.2) is 18.2 Å². The van der Waals surface area contributed by atoms with E-state index in [1.54, 1.807) is 18.2 Å². The van der Waals surface area contributed by atoms with Crippen molar-refractivity contribution in [1.29, 1.82) is 0 Å². The molecular weight excluding hydrogens is 224 g/mol. The lowest BCUT2D eigenvalue weighted by molar-refractivity contribution is 0.0514. The first kappa shape index (κ1) is 10.6. The van der Waals surface area contributed by atoms with Crippen LogP contribution in [0.2, 0.25) is 0 Å². The molecule has 0 amide bonds. The van der Waals surface area contributed by atoms with Gasteiger partial charge in [-0.2, -0.15) is 8.75 Å². The molecule has 0 spiro atoms. The molecule has 0 radical (unpaired) electrons. The van der Waals surface area contributed by atoms with Gasteiger partial charge in [0.15, 0.2) is 0 Å². The van der Waals surface area contributed by atoms with Crippen molar-refractivity contribution in [2.75, 3.05) is 6.61 Å². The summed E-state index contributed by atoms with van der Waals surface area (Å²) in [4.78, 5) is 11.5. The predicted molar refractivity (Wildman–Crippen MR) is 61.1 cm³/mol. The number of aromatic nitrogens is 2. The smallest absolute Gasteiger partial charge is 0.338 e. The molecule has 4 nitrogen and oxygen atoms in total. The molecule has 2 rings (SSSR count). The summed E-state index contributed by atoms with van der Waals surface area (Å²) < 4.78 is 13.1. The highest BCUT2D eigenvalue weighted by atomic mass is 32.1. The Kier molecular flexibility index (Phi) is 3.13. The van der Waals surface area contributed by atoms with Crippen molar-refractivity contribution in [3.8, 4) is 12.3 Å². The van der Waals surface area contributed by atoms with Crippen LogP contribution < -0.4 is 0 Å². The lowest BCUT2D eigenvalue weighted by atomic mass is 10.2. The number of fused-ring (bicyclic) bond motifs is 1. The summed E-state index contributed by atoms with van der Waals surface area (Å²) in [6.07, 6.45) is 5.48. The predicted octanol–water partition coefficient (Wildman–Crippen LogP) is 1.87. The molecule has 2 aromatic rings. The summed E-state index contributed by atoms with van der Waals surface area (Å²) in [5.74, 6) is 2.02. The number of hydrogen-bond acceptors (Lipinski definition) is 5. The third-order valence-corrected chi connectivity index (χ3v) is 2.53. The molecule has 0 N–H and O–H groups in total. The van der Waals surface area contributed by atoms with Crippen molar-refractivity contribution in [1.82, 2.24) is 8.75 Å². The maximum atomic E-state index is 11.5. The Hall–Kier alpha value is -1.93. The lowest BCUT2D eigenvalue weighted by Crippen LogP contribution is -2.05. The Bertz CT molecular complexity index is 556. The number of carbonyl (C=O) groups excluding carboxylic acids is 1. The number of benzene rings is 1. The van der Waals surface area contributed by atoms with Gasteiger partial charge in [0.25, 0.3) is 0 Å². The number of nitrogens with zero attached hydrogens (tertiary/aromatic N) is 2. The average Bonchev–Trinajstić information content (AvgIpc) is 2.76. The lowest BCUT2D eigenvalue weighted by Gasteiger charge is -2.01. The zero-order valence-electron chi connectivity index (χ0n) is 8.34. The number of esters is 1. The molecule has 0 saturated heterocycles. The monoisotopic (exact) mass is 232 g/mol. The molecule has 0 aliphatic heterocycles. The second kappa shape index (κ2) is 4.73. The Balaban J connectivity index is 2.13. The van der Waals surface area contributed by atoms with Gasteiger partial charge in [-0.15, -0.1) is 12.3 Å². The van der Waals surface area contributed by atoms with E-state index in [-0.39, 0.29) is 12.6 Å². The van der Waals surface area contributed by atoms with Crippen LogP contribution in [0.25, 0.3) is 11.0 Å². The molecule has 0 saturated carbocycles. The normalized spacial score (nSPS) is 9.94. The number of carbonyl (C=O) groups is 1. The summed E-state index contributed by atoms with van der Waals surface area (Å²) >= 11 is 1.12. The van der Waals surface area contributed by atoms with Crippen LogP contribution in [0, 0.1) is 12.3 Å². The van der Waals surface area contributed by atoms with Gasteiger partial charge in [0, 0.05) is 6.42 Å². The standard InChI is InChI=1S/C11H8N2O2S/c1-2-3-6-15-11(14)8-4-5-9-10(7-8)13-16-12-9/h1,4-5,7H,3,6H2. The largest absolute Gasteiger partial charge is 0.461 e. The Morgan fingerprint density at radius 2 is 2.25 bits per heavy atom. The number of hydrogen-bond donors (Lipinski definition) is 0. The van der Waals surface area contributed by atoms with Gasteiger partial charge < -0.3 is 4.74 Å². The van der Waals surface area contributed by atoms with Crippen LogP contribution in [0.5, 0.6) is 0 Å². The van der Waals surface area contributed by atoms with Crippen molar-refractivity contribution < 1.29 is 9.53 Å². The van der Waals surface area contributed by atoms with Crippen molar-refractivity contribution in [3.05, 3.63) is 23.8 Å². The van der Waals surface area contributed by atoms with Crippen LogP contribution >= 0.6 is 11.7 Å². The van der Waals surface area contributed by atoms with E-state index in [9.17, 15) is 4.79 Å². The molecule has 0 aliphatic carbocycles. The quantitative estimate of drug-likeness (QED) is 0.460. The summed E-state index contributed by atoms with van der Waals surface area (Å²) in [5, 5.41) is 0. The molecular formula is C11H8N2O2S. The van der Waals surface area contributed by atoms with E-state index in [2.05, 4.69) is 14.7 Å².